The summed E-state index contributed by atoms with van der Waals surface area (Å²) >= 11 is 0. The number of piperazine rings is 1. The van der Waals surface area contributed by atoms with Gasteiger partial charge in [-0.2, -0.15) is 0 Å². The SMILES string of the molecule is COCCN(CC(=O)Nc1ccc(N2CCN(C(=O)c3ccc(C)cc3)CC2)cc1)C(=O)C(C)C. The highest BCUT2D eigenvalue weighted by atomic mass is 16.5. The van der Waals surface area contributed by atoms with Crippen LogP contribution in [0.15, 0.2) is 48.5 Å². The molecule has 188 valence electrons. The van der Waals surface area contributed by atoms with Gasteiger partial charge in [-0.15, -0.1) is 0 Å². The molecule has 0 saturated carbocycles. The van der Waals surface area contributed by atoms with Crippen molar-refractivity contribution in [3.8, 4) is 0 Å². The number of aryl methyl sites for hydroxylation is 1. The molecule has 0 aliphatic carbocycles. The summed E-state index contributed by atoms with van der Waals surface area (Å²) in [5.41, 5.74) is 3.58. The number of benzene rings is 2. The first-order valence-electron chi connectivity index (χ1n) is 12.1. The van der Waals surface area contributed by atoms with Gasteiger partial charge < -0.3 is 24.8 Å². The Hall–Kier alpha value is -3.39. The van der Waals surface area contributed by atoms with E-state index >= 15 is 0 Å². The summed E-state index contributed by atoms with van der Waals surface area (Å²) in [5.74, 6) is -0.441. The molecule has 1 saturated heterocycles. The van der Waals surface area contributed by atoms with Crippen LogP contribution in [-0.4, -0.2) is 80.5 Å². The van der Waals surface area contributed by atoms with Crippen molar-refractivity contribution in [3.63, 3.8) is 0 Å². The molecule has 0 aromatic heterocycles. The first kappa shape index (κ1) is 26.2. The summed E-state index contributed by atoms with van der Waals surface area (Å²) in [4.78, 5) is 43.3. The normalized spacial score (nSPS) is 13.6. The largest absolute Gasteiger partial charge is 0.383 e. The van der Waals surface area contributed by atoms with Crippen molar-refractivity contribution in [2.24, 2.45) is 5.92 Å². The van der Waals surface area contributed by atoms with E-state index in [2.05, 4.69) is 10.2 Å². The van der Waals surface area contributed by atoms with E-state index < -0.39 is 0 Å². The van der Waals surface area contributed by atoms with Crippen LogP contribution in [0.4, 0.5) is 11.4 Å². The van der Waals surface area contributed by atoms with Gasteiger partial charge in [-0.3, -0.25) is 14.4 Å². The molecule has 2 aromatic carbocycles. The quantitative estimate of drug-likeness (QED) is 0.597. The lowest BCUT2D eigenvalue weighted by molar-refractivity contribution is -0.138. The maximum atomic E-state index is 12.8. The lowest BCUT2D eigenvalue weighted by atomic mass is 10.1. The van der Waals surface area contributed by atoms with E-state index in [1.165, 1.54) is 4.90 Å². The number of methoxy groups -OCH3 is 1. The third kappa shape index (κ3) is 7.29. The molecule has 0 radical (unpaired) electrons. The van der Waals surface area contributed by atoms with Gasteiger partial charge in [-0.1, -0.05) is 31.5 Å². The maximum Gasteiger partial charge on any atom is 0.253 e. The van der Waals surface area contributed by atoms with Gasteiger partial charge in [-0.25, -0.2) is 0 Å². The zero-order valence-corrected chi connectivity index (χ0v) is 21.1. The number of hydrogen-bond acceptors (Lipinski definition) is 5. The number of ether oxygens (including phenoxy) is 1. The lowest BCUT2D eigenvalue weighted by Crippen LogP contribution is -2.48. The number of carbonyl (C=O) groups excluding carboxylic acids is 3. The average Bonchev–Trinajstić information content (AvgIpc) is 2.86. The topological polar surface area (TPSA) is 82.2 Å². The first-order chi connectivity index (χ1) is 16.8. The van der Waals surface area contributed by atoms with Crippen molar-refractivity contribution >= 4 is 29.1 Å². The van der Waals surface area contributed by atoms with E-state index in [-0.39, 0.29) is 30.2 Å². The minimum absolute atomic E-state index is 0.0148. The van der Waals surface area contributed by atoms with Gasteiger partial charge in [0.1, 0.15) is 0 Å². The molecule has 1 fully saturated rings. The van der Waals surface area contributed by atoms with Crippen molar-refractivity contribution in [3.05, 3.63) is 59.7 Å². The van der Waals surface area contributed by atoms with Gasteiger partial charge in [0, 0.05) is 62.7 Å². The van der Waals surface area contributed by atoms with Crippen LogP contribution in [-0.2, 0) is 14.3 Å². The predicted octanol–water partition coefficient (Wildman–Crippen LogP) is 3.03. The highest BCUT2D eigenvalue weighted by molar-refractivity contribution is 5.95. The summed E-state index contributed by atoms with van der Waals surface area (Å²) in [6.07, 6.45) is 0. The molecule has 2 aromatic rings. The molecule has 0 spiro atoms. The fraction of sp³-hybridized carbons (Fsp3) is 0.444. The molecule has 0 atom stereocenters. The van der Waals surface area contributed by atoms with Gasteiger partial charge >= 0.3 is 0 Å². The van der Waals surface area contributed by atoms with Crippen molar-refractivity contribution in [1.82, 2.24) is 9.80 Å². The number of anilines is 2. The third-order valence-electron chi connectivity index (χ3n) is 6.09. The molecule has 35 heavy (non-hydrogen) atoms. The summed E-state index contributed by atoms with van der Waals surface area (Å²) in [7, 11) is 1.57. The monoisotopic (exact) mass is 480 g/mol. The molecule has 1 aliphatic heterocycles. The van der Waals surface area contributed by atoms with Gasteiger partial charge in [0.25, 0.3) is 5.91 Å². The van der Waals surface area contributed by atoms with Crippen molar-refractivity contribution in [2.45, 2.75) is 20.8 Å². The Morgan fingerprint density at radius 2 is 1.60 bits per heavy atom. The summed E-state index contributed by atoms with van der Waals surface area (Å²) in [6, 6.07) is 15.3. The zero-order chi connectivity index (χ0) is 25.4. The number of rotatable bonds is 9. The Labute approximate surface area is 207 Å². The van der Waals surface area contributed by atoms with Crippen LogP contribution in [0.25, 0.3) is 0 Å². The first-order valence-corrected chi connectivity index (χ1v) is 12.1. The second kappa shape index (κ2) is 12.4. The Bertz CT molecular complexity index is 997. The number of hydrogen-bond donors (Lipinski definition) is 1. The minimum atomic E-state index is -0.244. The fourth-order valence-electron chi connectivity index (χ4n) is 4.01. The molecule has 3 amide bonds. The van der Waals surface area contributed by atoms with Crippen LogP contribution < -0.4 is 10.2 Å². The Morgan fingerprint density at radius 3 is 2.17 bits per heavy atom. The average molecular weight is 481 g/mol. The third-order valence-corrected chi connectivity index (χ3v) is 6.09. The molecule has 8 nitrogen and oxygen atoms in total. The van der Waals surface area contributed by atoms with Crippen LogP contribution >= 0.6 is 0 Å². The smallest absolute Gasteiger partial charge is 0.253 e. The standard InChI is InChI=1S/C27H36N4O4/c1-20(2)26(33)31(17-18-35-4)19-25(32)28-23-9-11-24(12-10-23)29-13-15-30(16-14-29)27(34)22-7-5-21(3)6-8-22/h5-12,20H,13-19H2,1-4H3,(H,28,32). The van der Waals surface area contributed by atoms with Gasteiger partial charge in [0.2, 0.25) is 11.8 Å². The van der Waals surface area contributed by atoms with E-state index in [1.54, 1.807) is 7.11 Å². The molecular formula is C27H36N4O4. The molecule has 1 aliphatic rings. The van der Waals surface area contributed by atoms with E-state index in [0.29, 0.717) is 31.9 Å². The molecule has 1 heterocycles. The van der Waals surface area contributed by atoms with Crippen molar-refractivity contribution < 1.29 is 19.1 Å². The van der Waals surface area contributed by atoms with E-state index in [4.69, 9.17) is 4.74 Å². The number of amides is 3. The van der Waals surface area contributed by atoms with Crippen LogP contribution in [0.5, 0.6) is 0 Å². The lowest BCUT2D eigenvalue weighted by Gasteiger charge is -2.36. The van der Waals surface area contributed by atoms with Gasteiger partial charge in [0.05, 0.1) is 13.2 Å². The number of nitrogens with zero attached hydrogens (tertiary/aromatic N) is 3. The van der Waals surface area contributed by atoms with Crippen LogP contribution in [0.2, 0.25) is 0 Å². The van der Waals surface area contributed by atoms with Crippen LogP contribution in [0.3, 0.4) is 0 Å². The van der Waals surface area contributed by atoms with E-state index in [1.807, 2.05) is 74.2 Å². The Morgan fingerprint density at radius 1 is 0.971 bits per heavy atom. The van der Waals surface area contributed by atoms with Gasteiger partial charge in [-0.05, 0) is 43.3 Å². The molecule has 3 rings (SSSR count). The summed E-state index contributed by atoms with van der Waals surface area (Å²) < 4.78 is 5.07. The van der Waals surface area contributed by atoms with Crippen molar-refractivity contribution in [2.75, 3.05) is 63.2 Å². The number of carbonyl (C=O) groups is 3. The minimum Gasteiger partial charge on any atom is -0.383 e. The second-order valence-corrected chi connectivity index (χ2v) is 9.15. The molecule has 0 bridgehead atoms. The predicted molar refractivity (Wildman–Crippen MR) is 138 cm³/mol. The second-order valence-electron chi connectivity index (χ2n) is 9.15. The zero-order valence-electron chi connectivity index (χ0n) is 21.1. The Balaban J connectivity index is 1.51. The molecule has 0 unspecified atom stereocenters. The van der Waals surface area contributed by atoms with E-state index in [9.17, 15) is 14.4 Å². The van der Waals surface area contributed by atoms with Crippen LogP contribution in [0.1, 0.15) is 29.8 Å². The molecule has 8 heteroatoms. The summed E-state index contributed by atoms with van der Waals surface area (Å²) in [5, 5.41) is 2.87. The number of nitrogens with one attached hydrogen (secondary N) is 1. The molecular weight excluding hydrogens is 444 g/mol. The van der Waals surface area contributed by atoms with Crippen molar-refractivity contribution in [1.29, 1.82) is 0 Å². The van der Waals surface area contributed by atoms with Crippen LogP contribution in [0, 0.1) is 12.8 Å². The maximum absolute atomic E-state index is 12.8. The fourth-order valence-corrected chi connectivity index (χ4v) is 4.01. The van der Waals surface area contributed by atoms with Gasteiger partial charge in [0.15, 0.2) is 0 Å². The Kier molecular flexibility index (Phi) is 9.25. The van der Waals surface area contributed by atoms with E-state index in [0.717, 1.165) is 29.9 Å². The molecule has 1 N–H and O–H groups in total. The highest BCUT2D eigenvalue weighted by Crippen LogP contribution is 2.20. The summed E-state index contributed by atoms with van der Waals surface area (Å²) in [6.45, 7) is 9.19. The highest BCUT2D eigenvalue weighted by Gasteiger charge is 2.23.